The summed E-state index contributed by atoms with van der Waals surface area (Å²) in [6, 6.07) is 29.5. The van der Waals surface area contributed by atoms with Crippen LogP contribution in [0.1, 0.15) is 41.7 Å². The third-order valence-electron chi connectivity index (χ3n) is 5.41. The summed E-state index contributed by atoms with van der Waals surface area (Å²) in [5.74, 6) is 0.922. The summed E-state index contributed by atoms with van der Waals surface area (Å²) in [4.78, 5) is 4.48. The number of pyridine rings is 1. The standard InChI is InChI=1S/C17H19NO.C14H14/c1-5-19-17-10-14(7-6-13(17)4)16-9-8-15(11-18-16)12(2)3;1-12-7-9-14(10-8-12)11-13-5-3-2-4-6-13/h6-11H,2,5H2,1,3-4H3;2-10H,11H2,1H3. The van der Waals surface area contributed by atoms with Crippen LogP contribution in [0.3, 0.4) is 0 Å². The van der Waals surface area contributed by atoms with Gasteiger partial charge >= 0.3 is 0 Å². The molecule has 2 heteroatoms. The molecule has 33 heavy (non-hydrogen) atoms. The van der Waals surface area contributed by atoms with Crippen LogP contribution in [-0.4, -0.2) is 11.6 Å². The van der Waals surface area contributed by atoms with Crippen molar-refractivity contribution in [3.8, 4) is 17.0 Å². The van der Waals surface area contributed by atoms with Crippen molar-refractivity contribution in [1.29, 1.82) is 0 Å². The van der Waals surface area contributed by atoms with Crippen LogP contribution in [0.2, 0.25) is 0 Å². The molecule has 0 amide bonds. The maximum Gasteiger partial charge on any atom is 0.122 e. The lowest BCUT2D eigenvalue weighted by molar-refractivity contribution is 0.338. The smallest absolute Gasteiger partial charge is 0.122 e. The van der Waals surface area contributed by atoms with Gasteiger partial charge in [-0.25, -0.2) is 0 Å². The summed E-state index contributed by atoms with van der Waals surface area (Å²) < 4.78 is 5.62. The van der Waals surface area contributed by atoms with Gasteiger partial charge in [-0.1, -0.05) is 84.9 Å². The number of hydrogen-bond donors (Lipinski definition) is 0. The van der Waals surface area contributed by atoms with Gasteiger partial charge in [-0.2, -0.15) is 0 Å². The summed E-state index contributed by atoms with van der Waals surface area (Å²) in [6.45, 7) is 12.7. The molecule has 0 saturated carbocycles. The van der Waals surface area contributed by atoms with E-state index >= 15 is 0 Å². The summed E-state index contributed by atoms with van der Waals surface area (Å²) in [5, 5.41) is 0. The fourth-order valence-electron chi connectivity index (χ4n) is 3.42. The summed E-state index contributed by atoms with van der Waals surface area (Å²) in [5.41, 5.74) is 9.33. The van der Waals surface area contributed by atoms with Gasteiger partial charge < -0.3 is 4.74 Å². The number of rotatable bonds is 6. The normalized spacial score (nSPS) is 10.2. The first-order chi connectivity index (χ1) is 16.0. The Bertz CT molecular complexity index is 1160. The number of benzene rings is 3. The van der Waals surface area contributed by atoms with Crippen LogP contribution < -0.4 is 4.74 Å². The Morgan fingerprint density at radius 1 is 0.848 bits per heavy atom. The highest BCUT2D eigenvalue weighted by Crippen LogP contribution is 2.26. The van der Waals surface area contributed by atoms with Crippen LogP contribution in [-0.2, 0) is 6.42 Å². The molecule has 0 saturated heterocycles. The highest BCUT2D eigenvalue weighted by Gasteiger charge is 2.05. The lowest BCUT2D eigenvalue weighted by Gasteiger charge is -2.09. The maximum absolute atomic E-state index is 5.62. The minimum atomic E-state index is 0.673. The van der Waals surface area contributed by atoms with Crippen molar-refractivity contribution >= 4 is 5.57 Å². The van der Waals surface area contributed by atoms with Crippen LogP contribution >= 0.6 is 0 Å². The third kappa shape index (κ3) is 7.18. The average molecular weight is 436 g/mol. The number of nitrogens with zero attached hydrogens (tertiary/aromatic N) is 1. The van der Waals surface area contributed by atoms with Gasteiger partial charge in [-0.3, -0.25) is 4.98 Å². The lowest BCUT2D eigenvalue weighted by Crippen LogP contribution is -1.95. The van der Waals surface area contributed by atoms with Crippen molar-refractivity contribution in [1.82, 2.24) is 4.98 Å². The first-order valence-corrected chi connectivity index (χ1v) is 11.4. The molecule has 0 aliphatic rings. The van der Waals surface area contributed by atoms with Crippen molar-refractivity contribution in [2.75, 3.05) is 6.61 Å². The molecule has 0 bridgehead atoms. The molecule has 4 rings (SSSR count). The van der Waals surface area contributed by atoms with E-state index in [-0.39, 0.29) is 0 Å². The first-order valence-electron chi connectivity index (χ1n) is 11.4. The Labute approximate surface area is 198 Å². The number of aromatic nitrogens is 1. The quantitative estimate of drug-likeness (QED) is 0.305. The molecule has 1 heterocycles. The molecule has 0 fully saturated rings. The molecule has 4 aromatic rings. The fourth-order valence-corrected chi connectivity index (χ4v) is 3.42. The largest absolute Gasteiger partial charge is 0.494 e. The van der Waals surface area contributed by atoms with Gasteiger partial charge in [-0.05, 0) is 74.1 Å². The lowest BCUT2D eigenvalue weighted by atomic mass is 10.0. The molecule has 3 aromatic carbocycles. The van der Waals surface area contributed by atoms with Crippen LogP contribution in [0, 0.1) is 13.8 Å². The fraction of sp³-hybridized carbons (Fsp3) is 0.194. The second kappa shape index (κ2) is 11.8. The zero-order valence-electron chi connectivity index (χ0n) is 20.1. The van der Waals surface area contributed by atoms with Gasteiger partial charge in [-0.15, -0.1) is 0 Å². The van der Waals surface area contributed by atoms with Crippen molar-refractivity contribution in [2.24, 2.45) is 0 Å². The molecule has 0 unspecified atom stereocenters. The summed E-state index contributed by atoms with van der Waals surface area (Å²) in [6.07, 6.45) is 2.89. The number of allylic oxidation sites excluding steroid dienone is 1. The Balaban J connectivity index is 0.000000194. The molecule has 2 nitrogen and oxygen atoms in total. The van der Waals surface area contributed by atoms with E-state index in [0.717, 1.165) is 40.1 Å². The molecular formula is C31H33NO. The molecule has 0 N–H and O–H groups in total. The number of aryl methyl sites for hydroxylation is 2. The Hall–Kier alpha value is -3.65. The van der Waals surface area contributed by atoms with Gasteiger partial charge in [0.25, 0.3) is 0 Å². The second-order valence-corrected chi connectivity index (χ2v) is 8.27. The SMILES string of the molecule is C=C(C)c1ccc(-c2ccc(C)c(OCC)c2)nc1.Cc1ccc(Cc2ccccc2)cc1. The topological polar surface area (TPSA) is 22.1 Å². The molecular weight excluding hydrogens is 402 g/mol. The van der Waals surface area contributed by atoms with E-state index < -0.39 is 0 Å². The predicted molar refractivity (Wildman–Crippen MR) is 141 cm³/mol. The van der Waals surface area contributed by atoms with Gasteiger partial charge in [0.1, 0.15) is 5.75 Å². The van der Waals surface area contributed by atoms with Gasteiger partial charge in [0.15, 0.2) is 0 Å². The summed E-state index contributed by atoms with van der Waals surface area (Å²) in [7, 11) is 0. The highest BCUT2D eigenvalue weighted by atomic mass is 16.5. The van der Waals surface area contributed by atoms with E-state index in [0.29, 0.717) is 6.61 Å². The van der Waals surface area contributed by atoms with Crippen molar-refractivity contribution in [3.05, 3.63) is 126 Å². The molecule has 0 aliphatic carbocycles. The van der Waals surface area contributed by atoms with Gasteiger partial charge in [0.2, 0.25) is 0 Å². The van der Waals surface area contributed by atoms with Crippen LogP contribution in [0.25, 0.3) is 16.8 Å². The highest BCUT2D eigenvalue weighted by molar-refractivity contribution is 5.66. The van der Waals surface area contributed by atoms with Gasteiger partial charge in [0.05, 0.1) is 12.3 Å². The van der Waals surface area contributed by atoms with Crippen LogP contribution in [0.5, 0.6) is 5.75 Å². The van der Waals surface area contributed by atoms with Gasteiger partial charge in [0, 0.05) is 11.8 Å². The minimum absolute atomic E-state index is 0.673. The molecule has 1 aromatic heterocycles. The zero-order chi connectivity index (χ0) is 23.6. The van der Waals surface area contributed by atoms with E-state index in [1.807, 2.05) is 45.2 Å². The van der Waals surface area contributed by atoms with E-state index in [1.54, 1.807) is 0 Å². The van der Waals surface area contributed by atoms with Crippen molar-refractivity contribution in [3.63, 3.8) is 0 Å². The van der Waals surface area contributed by atoms with Crippen molar-refractivity contribution in [2.45, 2.75) is 34.1 Å². The van der Waals surface area contributed by atoms with Crippen LogP contribution in [0.15, 0.2) is 97.7 Å². The molecule has 0 atom stereocenters. The Kier molecular flexibility index (Phi) is 8.60. The van der Waals surface area contributed by atoms with E-state index in [9.17, 15) is 0 Å². The number of ether oxygens (including phenoxy) is 1. The second-order valence-electron chi connectivity index (χ2n) is 8.27. The molecule has 168 valence electrons. The average Bonchev–Trinajstić information content (AvgIpc) is 2.83. The number of hydrogen-bond acceptors (Lipinski definition) is 2. The predicted octanol–water partition coefficient (Wildman–Crippen LogP) is 8.07. The van der Waals surface area contributed by atoms with E-state index in [1.165, 1.54) is 16.7 Å². The summed E-state index contributed by atoms with van der Waals surface area (Å²) >= 11 is 0. The third-order valence-corrected chi connectivity index (χ3v) is 5.41. The first kappa shape index (κ1) is 24.0. The Morgan fingerprint density at radius 2 is 1.55 bits per heavy atom. The Morgan fingerprint density at radius 3 is 2.15 bits per heavy atom. The monoisotopic (exact) mass is 435 g/mol. The molecule has 0 radical (unpaired) electrons. The van der Waals surface area contributed by atoms with Crippen molar-refractivity contribution < 1.29 is 4.74 Å². The van der Waals surface area contributed by atoms with Crippen LogP contribution in [0.4, 0.5) is 0 Å². The molecule has 0 spiro atoms. The zero-order valence-corrected chi connectivity index (χ0v) is 20.1. The maximum atomic E-state index is 5.62. The molecule has 0 aliphatic heterocycles. The van der Waals surface area contributed by atoms with E-state index in [4.69, 9.17) is 4.74 Å². The minimum Gasteiger partial charge on any atom is -0.494 e. The van der Waals surface area contributed by atoms with E-state index in [2.05, 4.69) is 85.2 Å².